The van der Waals surface area contributed by atoms with Gasteiger partial charge in [-0.05, 0) is 24.3 Å². The smallest absolute Gasteiger partial charge is 0.337 e. The summed E-state index contributed by atoms with van der Waals surface area (Å²) < 4.78 is 18.8. The number of carbonyl (C=O) groups is 2. The molecule has 1 rings (SSSR count). The highest BCUT2D eigenvalue weighted by Crippen LogP contribution is 2.06. The molecule has 136 valence electrons. The Balaban J connectivity index is 0.000000470. The first-order valence-electron chi connectivity index (χ1n) is 7.24. The second-order valence-electron chi connectivity index (χ2n) is 4.23. The lowest BCUT2D eigenvalue weighted by Crippen LogP contribution is -2.09. The SMILES string of the molecule is COC(=O)c1ccc(C(=O)OC)cc1.OCCOCCOCCO. The van der Waals surface area contributed by atoms with Crippen molar-refractivity contribution in [3.05, 3.63) is 35.4 Å². The van der Waals surface area contributed by atoms with E-state index in [-0.39, 0.29) is 13.2 Å². The average Bonchev–Trinajstić information content (AvgIpc) is 2.64. The Kier molecular flexibility index (Phi) is 13.4. The summed E-state index contributed by atoms with van der Waals surface area (Å²) in [7, 11) is 2.60. The third kappa shape index (κ3) is 9.90. The molecule has 0 amide bonds. The summed E-state index contributed by atoms with van der Waals surface area (Å²) in [5, 5.41) is 16.5. The third-order valence-electron chi connectivity index (χ3n) is 2.57. The van der Waals surface area contributed by atoms with Crippen LogP contribution in [0.4, 0.5) is 0 Å². The van der Waals surface area contributed by atoms with Gasteiger partial charge in [-0.3, -0.25) is 0 Å². The predicted molar refractivity (Wildman–Crippen MR) is 84.9 cm³/mol. The standard InChI is InChI=1S/C10H10O4.C6H14O4/c1-13-9(11)7-3-5-8(6-4-7)10(12)14-2;7-1-3-9-5-6-10-4-2-8/h3-6H,1-2H3;7-8H,1-6H2. The van der Waals surface area contributed by atoms with Crippen LogP contribution in [0.1, 0.15) is 20.7 Å². The van der Waals surface area contributed by atoms with E-state index in [1.165, 1.54) is 38.5 Å². The average molecular weight is 344 g/mol. The Morgan fingerprint density at radius 3 is 1.33 bits per heavy atom. The molecule has 0 saturated heterocycles. The number of aliphatic hydroxyl groups excluding tert-OH is 2. The zero-order valence-corrected chi connectivity index (χ0v) is 13.9. The van der Waals surface area contributed by atoms with Gasteiger partial charge in [0.15, 0.2) is 0 Å². The van der Waals surface area contributed by atoms with Gasteiger partial charge >= 0.3 is 11.9 Å². The van der Waals surface area contributed by atoms with E-state index in [1.54, 1.807) is 0 Å². The minimum atomic E-state index is -0.429. The third-order valence-corrected chi connectivity index (χ3v) is 2.57. The number of methoxy groups -OCH3 is 2. The van der Waals surface area contributed by atoms with Gasteiger partial charge in [0.25, 0.3) is 0 Å². The van der Waals surface area contributed by atoms with Crippen molar-refractivity contribution in [1.82, 2.24) is 0 Å². The maximum Gasteiger partial charge on any atom is 0.337 e. The molecule has 0 spiro atoms. The Morgan fingerprint density at radius 1 is 0.750 bits per heavy atom. The number of benzene rings is 1. The van der Waals surface area contributed by atoms with Crippen LogP contribution in [-0.2, 0) is 18.9 Å². The van der Waals surface area contributed by atoms with Crippen molar-refractivity contribution in [2.75, 3.05) is 53.9 Å². The summed E-state index contributed by atoms with van der Waals surface area (Å²) in [6, 6.07) is 6.05. The fraction of sp³-hybridized carbons (Fsp3) is 0.500. The molecule has 1 aromatic rings. The number of carbonyl (C=O) groups excluding carboxylic acids is 2. The molecule has 0 fully saturated rings. The molecule has 8 nitrogen and oxygen atoms in total. The summed E-state index contributed by atoms with van der Waals surface area (Å²) >= 11 is 0. The molecule has 0 aliphatic heterocycles. The van der Waals surface area contributed by atoms with E-state index in [2.05, 4.69) is 9.47 Å². The van der Waals surface area contributed by atoms with Crippen molar-refractivity contribution in [2.45, 2.75) is 0 Å². The molecule has 0 radical (unpaired) electrons. The molecule has 1 aromatic carbocycles. The van der Waals surface area contributed by atoms with Crippen LogP contribution in [0.5, 0.6) is 0 Å². The normalized spacial score (nSPS) is 9.67. The van der Waals surface area contributed by atoms with Gasteiger partial charge in [0.05, 0.1) is 65.0 Å². The molecular weight excluding hydrogens is 320 g/mol. The molecule has 0 aromatic heterocycles. The molecule has 0 aliphatic rings. The predicted octanol–water partition coefficient (Wildman–Crippen LogP) is 0.264. The zero-order chi connectivity index (χ0) is 18.2. The fourth-order valence-electron chi connectivity index (χ4n) is 1.43. The van der Waals surface area contributed by atoms with Crippen molar-refractivity contribution in [3.8, 4) is 0 Å². The minimum absolute atomic E-state index is 0.0417. The zero-order valence-electron chi connectivity index (χ0n) is 13.9. The number of hydrogen-bond acceptors (Lipinski definition) is 8. The van der Waals surface area contributed by atoms with Crippen LogP contribution in [0.25, 0.3) is 0 Å². The first-order valence-corrected chi connectivity index (χ1v) is 7.24. The molecule has 8 heteroatoms. The van der Waals surface area contributed by atoms with Gasteiger partial charge in [0, 0.05) is 0 Å². The molecule has 0 bridgehead atoms. The lowest BCUT2D eigenvalue weighted by atomic mass is 10.1. The van der Waals surface area contributed by atoms with E-state index in [1.807, 2.05) is 0 Å². The molecule has 2 N–H and O–H groups in total. The summed E-state index contributed by atoms with van der Waals surface area (Å²) in [6.07, 6.45) is 0. The molecule has 0 atom stereocenters. The number of ether oxygens (including phenoxy) is 4. The quantitative estimate of drug-likeness (QED) is 0.485. The van der Waals surface area contributed by atoms with Crippen molar-refractivity contribution in [3.63, 3.8) is 0 Å². The highest BCUT2D eigenvalue weighted by molar-refractivity contribution is 5.93. The van der Waals surface area contributed by atoms with E-state index in [0.717, 1.165) is 0 Å². The van der Waals surface area contributed by atoms with Gasteiger partial charge in [-0.2, -0.15) is 0 Å². The molecule has 0 unspecified atom stereocenters. The second kappa shape index (κ2) is 14.6. The Morgan fingerprint density at radius 2 is 1.08 bits per heavy atom. The van der Waals surface area contributed by atoms with Crippen LogP contribution >= 0.6 is 0 Å². The van der Waals surface area contributed by atoms with Crippen LogP contribution in [-0.4, -0.2) is 76.0 Å². The first-order chi connectivity index (χ1) is 11.6. The number of hydrogen-bond donors (Lipinski definition) is 2. The van der Waals surface area contributed by atoms with Crippen LogP contribution < -0.4 is 0 Å². The van der Waals surface area contributed by atoms with Gasteiger partial charge in [0.1, 0.15) is 0 Å². The van der Waals surface area contributed by atoms with Gasteiger partial charge < -0.3 is 29.2 Å². The van der Waals surface area contributed by atoms with E-state index < -0.39 is 11.9 Å². The molecule has 0 aliphatic carbocycles. The minimum Gasteiger partial charge on any atom is -0.465 e. The van der Waals surface area contributed by atoms with Gasteiger partial charge in [0.2, 0.25) is 0 Å². The van der Waals surface area contributed by atoms with Crippen LogP contribution in [0.15, 0.2) is 24.3 Å². The largest absolute Gasteiger partial charge is 0.465 e. The number of esters is 2. The molecule has 0 heterocycles. The highest BCUT2D eigenvalue weighted by atomic mass is 16.5. The molecule has 0 saturated carbocycles. The maximum absolute atomic E-state index is 11.0. The van der Waals surface area contributed by atoms with Crippen molar-refractivity contribution in [2.24, 2.45) is 0 Å². The summed E-state index contributed by atoms with van der Waals surface area (Å²) in [6.45, 7) is 1.73. The molecular formula is C16H24O8. The van der Waals surface area contributed by atoms with E-state index in [0.29, 0.717) is 37.6 Å². The monoisotopic (exact) mass is 344 g/mol. The Hall–Kier alpha value is -2.00. The van der Waals surface area contributed by atoms with Crippen molar-refractivity contribution in [1.29, 1.82) is 0 Å². The highest BCUT2D eigenvalue weighted by Gasteiger charge is 2.08. The van der Waals surface area contributed by atoms with Crippen molar-refractivity contribution >= 4 is 11.9 Å². The maximum atomic E-state index is 11.0. The number of rotatable bonds is 9. The van der Waals surface area contributed by atoms with Crippen molar-refractivity contribution < 1.29 is 38.7 Å². The van der Waals surface area contributed by atoms with E-state index >= 15 is 0 Å². The van der Waals surface area contributed by atoms with Crippen LogP contribution in [0, 0.1) is 0 Å². The van der Waals surface area contributed by atoms with Gasteiger partial charge in [-0.15, -0.1) is 0 Å². The first kappa shape index (κ1) is 22.0. The lowest BCUT2D eigenvalue weighted by molar-refractivity contribution is 0.0222. The lowest BCUT2D eigenvalue weighted by Gasteiger charge is -2.01. The van der Waals surface area contributed by atoms with Crippen LogP contribution in [0.3, 0.4) is 0 Å². The van der Waals surface area contributed by atoms with Crippen LogP contribution in [0.2, 0.25) is 0 Å². The Labute approximate surface area is 140 Å². The number of aliphatic hydroxyl groups is 2. The topological polar surface area (TPSA) is 112 Å². The summed E-state index contributed by atoms with van der Waals surface area (Å²) in [5.41, 5.74) is 0.806. The molecule has 24 heavy (non-hydrogen) atoms. The summed E-state index contributed by atoms with van der Waals surface area (Å²) in [4.78, 5) is 22.1. The second-order valence-corrected chi connectivity index (χ2v) is 4.23. The van der Waals surface area contributed by atoms with E-state index in [9.17, 15) is 9.59 Å². The van der Waals surface area contributed by atoms with Gasteiger partial charge in [-0.1, -0.05) is 0 Å². The summed E-state index contributed by atoms with van der Waals surface area (Å²) in [5.74, 6) is -0.858. The fourth-order valence-corrected chi connectivity index (χ4v) is 1.43. The van der Waals surface area contributed by atoms with Gasteiger partial charge in [-0.25, -0.2) is 9.59 Å². The Bertz CT molecular complexity index is 415. The van der Waals surface area contributed by atoms with E-state index in [4.69, 9.17) is 19.7 Å².